The Kier molecular flexibility index (Phi) is 3.71. The van der Waals surface area contributed by atoms with Crippen molar-refractivity contribution in [3.05, 3.63) is 64.7 Å². The van der Waals surface area contributed by atoms with Gasteiger partial charge in [0, 0.05) is 0 Å². The van der Waals surface area contributed by atoms with Crippen LogP contribution in [0.25, 0.3) is 22.0 Å². The highest BCUT2D eigenvalue weighted by Gasteiger charge is 2.15. The number of H-pyrrole nitrogens is 1. The molecule has 0 bridgehead atoms. The van der Waals surface area contributed by atoms with Crippen LogP contribution in [0.2, 0.25) is 0 Å². The highest BCUT2D eigenvalue weighted by molar-refractivity contribution is 5.93. The van der Waals surface area contributed by atoms with Crippen LogP contribution in [-0.4, -0.2) is 9.97 Å². The smallest absolute Gasteiger partial charge is 0.259 e. The Morgan fingerprint density at radius 1 is 1.18 bits per heavy atom. The Morgan fingerprint density at radius 3 is 2.64 bits per heavy atom. The molecule has 1 aromatic heterocycles. The highest BCUT2D eigenvalue weighted by Crippen LogP contribution is 2.26. The third kappa shape index (κ3) is 2.38. The van der Waals surface area contributed by atoms with Gasteiger partial charge in [0.15, 0.2) is 0 Å². The predicted octanol–water partition coefficient (Wildman–Crippen LogP) is 3.61. The Balaban J connectivity index is 2.27. The first-order valence-electron chi connectivity index (χ1n) is 7.22. The molecule has 0 aliphatic rings. The summed E-state index contributed by atoms with van der Waals surface area (Å²) >= 11 is 0. The lowest BCUT2D eigenvalue weighted by atomic mass is 10.0. The van der Waals surface area contributed by atoms with Gasteiger partial charge in [-0.25, -0.2) is 4.98 Å². The monoisotopic (exact) mass is 289 g/mol. The van der Waals surface area contributed by atoms with Crippen LogP contribution in [0.5, 0.6) is 0 Å². The Hall–Kier alpha value is -2.93. The standard InChI is InChI=1S/C18H15N3O/c1-2-12(11-19)17-20-15-10-6-9-14(16(15)18(22)21-17)13-7-4-3-5-8-13/h3-10,12H,2H2,1H3,(H,20,21,22). The first kappa shape index (κ1) is 14.0. The summed E-state index contributed by atoms with van der Waals surface area (Å²) in [6.45, 7) is 1.90. The molecule has 0 saturated heterocycles. The Bertz CT molecular complexity index is 907. The minimum absolute atomic E-state index is 0.201. The molecule has 0 aliphatic carbocycles. The van der Waals surface area contributed by atoms with E-state index in [4.69, 9.17) is 5.26 Å². The molecule has 1 atom stereocenters. The third-order valence-corrected chi connectivity index (χ3v) is 3.73. The average molecular weight is 289 g/mol. The van der Waals surface area contributed by atoms with Crippen molar-refractivity contribution in [2.45, 2.75) is 19.3 Å². The zero-order chi connectivity index (χ0) is 15.5. The summed E-state index contributed by atoms with van der Waals surface area (Å²) in [6.07, 6.45) is 0.614. The van der Waals surface area contributed by atoms with Crippen molar-refractivity contribution in [2.75, 3.05) is 0 Å². The van der Waals surface area contributed by atoms with E-state index in [0.29, 0.717) is 23.1 Å². The van der Waals surface area contributed by atoms with Gasteiger partial charge >= 0.3 is 0 Å². The van der Waals surface area contributed by atoms with E-state index in [2.05, 4.69) is 16.0 Å². The molecule has 1 unspecified atom stereocenters. The molecule has 0 saturated carbocycles. The molecule has 1 heterocycles. The van der Waals surface area contributed by atoms with Gasteiger partial charge in [0.05, 0.1) is 17.0 Å². The van der Waals surface area contributed by atoms with Crippen molar-refractivity contribution >= 4 is 10.9 Å². The van der Waals surface area contributed by atoms with Crippen LogP contribution in [0.4, 0.5) is 0 Å². The molecule has 0 spiro atoms. The minimum atomic E-state index is -0.391. The molecule has 3 rings (SSSR count). The maximum Gasteiger partial charge on any atom is 0.259 e. The number of nitriles is 1. The molecule has 0 radical (unpaired) electrons. The van der Waals surface area contributed by atoms with Crippen LogP contribution in [0.1, 0.15) is 25.1 Å². The molecular weight excluding hydrogens is 274 g/mol. The molecule has 4 heteroatoms. The maximum atomic E-state index is 12.5. The van der Waals surface area contributed by atoms with Gasteiger partial charge in [-0.2, -0.15) is 5.26 Å². The molecule has 108 valence electrons. The third-order valence-electron chi connectivity index (χ3n) is 3.73. The number of hydrogen-bond acceptors (Lipinski definition) is 3. The second kappa shape index (κ2) is 5.82. The fraction of sp³-hybridized carbons (Fsp3) is 0.167. The van der Waals surface area contributed by atoms with E-state index in [1.54, 1.807) is 0 Å². The van der Waals surface area contributed by atoms with Crippen LogP contribution in [0, 0.1) is 11.3 Å². The number of nitrogens with zero attached hydrogens (tertiary/aromatic N) is 2. The van der Waals surface area contributed by atoms with Crippen molar-refractivity contribution in [2.24, 2.45) is 0 Å². The van der Waals surface area contributed by atoms with E-state index >= 15 is 0 Å². The number of benzene rings is 2. The summed E-state index contributed by atoms with van der Waals surface area (Å²) in [5.74, 6) is 0.0465. The van der Waals surface area contributed by atoms with Crippen LogP contribution in [0.15, 0.2) is 53.3 Å². The molecular formula is C18H15N3O. The Morgan fingerprint density at radius 2 is 1.95 bits per heavy atom. The summed E-state index contributed by atoms with van der Waals surface area (Å²) in [7, 11) is 0. The quantitative estimate of drug-likeness (QED) is 0.800. The van der Waals surface area contributed by atoms with E-state index in [1.165, 1.54) is 0 Å². The number of aromatic nitrogens is 2. The van der Waals surface area contributed by atoms with Crippen molar-refractivity contribution in [3.63, 3.8) is 0 Å². The molecule has 0 amide bonds. The molecule has 4 nitrogen and oxygen atoms in total. The zero-order valence-electron chi connectivity index (χ0n) is 12.2. The van der Waals surface area contributed by atoms with Crippen LogP contribution < -0.4 is 5.56 Å². The first-order valence-corrected chi connectivity index (χ1v) is 7.22. The van der Waals surface area contributed by atoms with Gasteiger partial charge in [0.2, 0.25) is 0 Å². The lowest BCUT2D eigenvalue weighted by molar-refractivity contribution is 0.752. The molecule has 2 aromatic carbocycles. The van der Waals surface area contributed by atoms with Gasteiger partial charge in [-0.05, 0) is 23.6 Å². The zero-order valence-corrected chi connectivity index (χ0v) is 12.2. The summed E-state index contributed by atoms with van der Waals surface area (Å²) in [6, 6.07) is 17.5. The molecule has 0 fully saturated rings. The normalized spacial score (nSPS) is 12.0. The Labute approximate surface area is 128 Å². The summed E-state index contributed by atoms with van der Waals surface area (Å²) in [5.41, 5.74) is 2.24. The molecule has 22 heavy (non-hydrogen) atoms. The predicted molar refractivity (Wildman–Crippen MR) is 86.4 cm³/mol. The molecule has 0 aliphatic heterocycles. The van der Waals surface area contributed by atoms with E-state index in [1.807, 2.05) is 55.5 Å². The second-order valence-electron chi connectivity index (χ2n) is 5.11. The lowest BCUT2D eigenvalue weighted by Gasteiger charge is -2.09. The van der Waals surface area contributed by atoms with Gasteiger partial charge in [0.25, 0.3) is 5.56 Å². The largest absolute Gasteiger partial charge is 0.309 e. The van der Waals surface area contributed by atoms with E-state index in [9.17, 15) is 4.79 Å². The first-order chi connectivity index (χ1) is 10.7. The van der Waals surface area contributed by atoms with Gasteiger partial charge in [-0.1, -0.05) is 49.4 Å². The minimum Gasteiger partial charge on any atom is -0.309 e. The van der Waals surface area contributed by atoms with E-state index < -0.39 is 5.92 Å². The van der Waals surface area contributed by atoms with Gasteiger partial charge in [-0.15, -0.1) is 0 Å². The van der Waals surface area contributed by atoms with Gasteiger partial charge in [0.1, 0.15) is 11.7 Å². The van der Waals surface area contributed by atoms with Crippen LogP contribution in [0.3, 0.4) is 0 Å². The van der Waals surface area contributed by atoms with Crippen molar-refractivity contribution in [1.29, 1.82) is 5.26 Å². The van der Waals surface area contributed by atoms with Crippen LogP contribution >= 0.6 is 0 Å². The van der Waals surface area contributed by atoms with E-state index in [0.717, 1.165) is 11.1 Å². The van der Waals surface area contributed by atoms with Gasteiger partial charge < -0.3 is 4.98 Å². The number of nitrogens with one attached hydrogen (secondary N) is 1. The van der Waals surface area contributed by atoms with Crippen molar-refractivity contribution in [3.8, 4) is 17.2 Å². The van der Waals surface area contributed by atoms with E-state index in [-0.39, 0.29) is 5.56 Å². The molecule has 1 N–H and O–H groups in total. The lowest BCUT2D eigenvalue weighted by Crippen LogP contribution is -2.15. The number of rotatable bonds is 3. The van der Waals surface area contributed by atoms with Crippen LogP contribution in [-0.2, 0) is 0 Å². The fourth-order valence-electron chi connectivity index (χ4n) is 2.58. The number of fused-ring (bicyclic) bond motifs is 1. The SMILES string of the molecule is CCC(C#N)c1nc2cccc(-c3ccccc3)c2c(=O)[nH]1. The second-order valence-corrected chi connectivity index (χ2v) is 5.11. The summed E-state index contributed by atoms with van der Waals surface area (Å²) in [4.78, 5) is 19.8. The van der Waals surface area contributed by atoms with Crippen molar-refractivity contribution < 1.29 is 0 Å². The molecule has 3 aromatic rings. The average Bonchev–Trinajstić information content (AvgIpc) is 2.56. The highest BCUT2D eigenvalue weighted by atomic mass is 16.1. The number of aromatic amines is 1. The summed E-state index contributed by atoms with van der Waals surface area (Å²) < 4.78 is 0. The maximum absolute atomic E-state index is 12.5. The van der Waals surface area contributed by atoms with Gasteiger partial charge in [-0.3, -0.25) is 4.79 Å². The van der Waals surface area contributed by atoms with Crippen molar-refractivity contribution in [1.82, 2.24) is 9.97 Å². The number of hydrogen-bond donors (Lipinski definition) is 1. The topological polar surface area (TPSA) is 69.5 Å². The summed E-state index contributed by atoms with van der Waals surface area (Å²) in [5, 5.41) is 9.72. The fourth-order valence-corrected chi connectivity index (χ4v) is 2.58.